The maximum absolute atomic E-state index is 12.7. The Morgan fingerprint density at radius 2 is 1.96 bits per heavy atom. The first-order chi connectivity index (χ1) is 13.8. The lowest BCUT2D eigenvalue weighted by Crippen LogP contribution is -2.29. The number of carbonyl (C=O) groups excluding carboxylic acids is 1. The molecule has 1 aliphatic heterocycles. The number of fused-ring (bicyclic) bond motifs is 1. The number of hydrogen-bond acceptors (Lipinski definition) is 4. The maximum atomic E-state index is 12.7. The molecular weight excluding hydrogens is 350 g/mol. The molecule has 5 heteroatoms. The summed E-state index contributed by atoms with van der Waals surface area (Å²) in [5, 5.41) is 3.19. The van der Waals surface area contributed by atoms with Crippen molar-refractivity contribution in [1.29, 1.82) is 0 Å². The minimum Gasteiger partial charge on any atom is -0.491 e. The lowest BCUT2D eigenvalue weighted by atomic mass is 9.94. The second-order valence-electron chi connectivity index (χ2n) is 7.65. The summed E-state index contributed by atoms with van der Waals surface area (Å²) >= 11 is 0. The maximum Gasteiger partial charge on any atom is 0.178 e. The summed E-state index contributed by atoms with van der Waals surface area (Å²) in [7, 11) is 0. The van der Waals surface area contributed by atoms with Gasteiger partial charge in [0.2, 0.25) is 0 Å². The summed E-state index contributed by atoms with van der Waals surface area (Å²) in [4.78, 5) is 20.5. The average molecular weight is 373 g/mol. The van der Waals surface area contributed by atoms with Crippen molar-refractivity contribution in [2.24, 2.45) is 5.92 Å². The van der Waals surface area contributed by atoms with E-state index in [9.17, 15) is 4.79 Å². The topological polar surface area (TPSA) is 67.0 Å². The van der Waals surface area contributed by atoms with E-state index in [1.807, 2.05) is 24.3 Å². The molecular formula is C23H23N3O2. The van der Waals surface area contributed by atoms with E-state index >= 15 is 0 Å². The van der Waals surface area contributed by atoms with Gasteiger partial charge in [-0.1, -0.05) is 30.3 Å². The highest BCUT2D eigenvalue weighted by atomic mass is 16.5. The first-order valence-corrected chi connectivity index (χ1v) is 9.88. The van der Waals surface area contributed by atoms with Gasteiger partial charge in [-0.05, 0) is 36.0 Å². The van der Waals surface area contributed by atoms with Crippen molar-refractivity contribution in [3.05, 3.63) is 71.2 Å². The van der Waals surface area contributed by atoms with E-state index in [2.05, 4.69) is 27.4 Å². The number of ketones is 1. The van der Waals surface area contributed by atoms with Crippen molar-refractivity contribution in [3.63, 3.8) is 0 Å². The highest BCUT2D eigenvalue weighted by Crippen LogP contribution is 2.37. The van der Waals surface area contributed by atoms with Gasteiger partial charge in [0, 0.05) is 36.0 Å². The predicted octanol–water partition coefficient (Wildman–Crippen LogP) is 3.74. The molecule has 1 aliphatic carbocycles. The first-order valence-electron chi connectivity index (χ1n) is 9.88. The SMILES string of the molecule is O=C1CNCc2[nH]c(-c3ccncc3OCC3CC3)c(Cc3ccccc3)c21. The molecule has 1 saturated carbocycles. The standard InChI is InChI=1S/C23H23N3O2/c27-20-12-25-11-19-22(20)18(10-15-4-2-1-3-5-15)23(26-19)17-8-9-24-13-21(17)28-14-16-6-7-16/h1-5,8-9,13,16,25-26H,6-7,10-12,14H2. The Morgan fingerprint density at radius 1 is 1.11 bits per heavy atom. The Balaban J connectivity index is 1.60. The third-order valence-corrected chi connectivity index (χ3v) is 5.50. The van der Waals surface area contributed by atoms with Crippen LogP contribution in [0.3, 0.4) is 0 Å². The van der Waals surface area contributed by atoms with Gasteiger partial charge in [-0.15, -0.1) is 0 Å². The Bertz CT molecular complexity index is 1010. The number of aromatic amines is 1. The van der Waals surface area contributed by atoms with Crippen LogP contribution in [0.25, 0.3) is 11.3 Å². The molecule has 5 nitrogen and oxygen atoms in total. The predicted molar refractivity (Wildman–Crippen MR) is 108 cm³/mol. The second kappa shape index (κ2) is 7.24. The summed E-state index contributed by atoms with van der Waals surface area (Å²) in [6.45, 7) is 1.79. The Hall–Kier alpha value is -2.92. The fraction of sp³-hybridized carbons (Fsp3) is 0.304. The molecule has 1 fully saturated rings. The molecule has 2 aliphatic rings. The number of carbonyl (C=O) groups is 1. The zero-order chi connectivity index (χ0) is 18.9. The van der Waals surface area contributed by atoms with Crippen LogP contribution in [0.15, 0.2) is 48.8 Å². The molecule has 3 aromatic rings. The third-order valence-electron chi connectivity index (χ3n) is 5.50. The molecule has 28 heavy (non-hydrogen) atoms. The molecule has 0 unspecified atom stereocenters. The first kappa shape index (κ1) is 17.2. The third kappa shape index (κ3) is 3.34. The number of nitrogens with zero attached hydrogens (tertiary/aromatic N) is 1. The van der Waals surface area contributed by atoms with Crippen LogP contribution in [0.1, 0.15) is 40.0 Å². The minimum absolute atomic E-state index is 0.143. The van der Waals surface area contributed by atoms with Crippen LogP contribution in [0.4, 0.5) is 0 Å². The summed E-state index contributed by atoms with van der Waals surface area (Å²) in [5.74, 6) is 1.59. The number of ether oxygens (including phenoxy) is 1. The Labute approximate surface area is 164 Å². The van der Waals surface area contributed by atoms with Gasteiger partial charge < -0.3 is 15.0 Å². The fourth-order valence-electron chi connectivity index (χ4n) is 3.85. The van der Waals surface area contributed by atoms with Crippen LogP contribution in [0, 0.1) is 5.92 Å². The number of pyridine rings is 1. The average Bonchev–Trinajstić information content (AvgIpc) is 3.49. The van der Waals surface area contributed by atoms with Crippen molar-refractivity contribution >= 4 is 5.78 Å². The zero-order valence-electron chi connectivity index (χ0n) is 15.7. The lowest BCUT2D eigenvalue weighted by molar-refractivity contribution is 0.0981. The van der Waals surface area contributed by atoms with E-state index in [1.54, 1.807) is 12.4 Å². The number of benzene rings is 1. The largest absolute Gasteiger partial charge is 0.491 e. The van der Waals surface area contributed by atoms with Crippen LogP contribution >= 0.6 is 0 Å². The highest BCUT2D eigenvalue weighted by molar-refractivity contribution is 6.03. The molecule has 2 aromatic heterocycles. The fourth-order valence-corrected chi connectivity index (χ4v) is 3.85. The van der Waals surface area contributed by atoms with Crippen LogP contribution < -0.4 is 10.1 Å². The van der Waals surface area contributed by atoms with Gasteiger partial charge in [0.15, 0.2) is 5.78 Å². The number of nitrogens with one attached hydrogen (secondary N) is 2. The molecule has 1 aromatic carbocycles. The molecule has 142 valence electrons. The van der Waals surface area contributed by atoms with Crippen LogP contribution in [-0.2, 0) is 13.0 Å². The van der Waals surface area contributed by atoms with Gasteiger partial charge in [0.05, 0.1) is 25.0 Å². The molecule has 0 amide bonds. The normalized spacial score (nSPS) is 16.1. The molecule has 2 N–H and O–H groups in total. The summed E-state index contributed by atoms with van der Waals surface area (Å²) < 4.78 is 6.10. The van der Waals surface area contributed by atoms with Crippen LogP contribution in [-0.4, -0.2) is 28.9 Å². The molecule has 0 radical (unpaired) electrons. The smallest absolute Gasteiger partial charge is 0.178 e. The molecule has 3 heterocycles. The lowest BCUT2D eigenvalue weighted by Gasteiger charge is -2.14. The quantitative estimate of drug-likeness (QED) is 0.691. The summed E-state index contributed by atoms with van der Waals surface area (Å²) in [6.07, 6.45) is 6.76. The van der Waals surface area contributed by atoms with Gasteiger partial charge >= 0.3 is 0 Å². The highest BCUT2D eigenvalue weighted by Gasteiger charge is 2.28. The molecule has 0 saturated heterocycles. The number of hydrogen-bond donors (Lipinski definition) is 2. The van der Waals surface area contributed by atoms with Crippen molar-refractivity contribution in [2.45, 2.75) is 25.8 Å². The van der Waals surface area contributed by atoms with Crippen molar-refractivity contribution < 1.29 is 9.53 Å². The van der Waals surface area contributed by atoms with Gasteiger partial charge in [0.1, 0.15) is 5.75 Å². The van der Waals surface area contributed by atoms with E-state index in [4.69, 9.17) is 4.74 Å². The van der Waals surface area contributed by atoms with Crippen molar-refractivity contribution in [3.8, 4) is 17.0 Å². The van der Waals surface area contributed by atoms with Gasteiger partial charge in [0.25, 0.3) is 0 Å². The van der Waals surface area contributed by atoms with Crippen LogP contribution in [0.5, 0.6) is 5.75 Å². The summed E-state index contributed by atoms with van der Waals surface area (Å²) in [6, 6.07) is 12.3. The van der Waals surface area contributed by atoms with E-state index in [-0.39, 0.29) is 5.78 Å². The molecule has 0 spiro atoms. The van der Waals surface area contributed by atoms with E-state index in [1.165, 1.54) is 18.4 Å². The van der Waals surface area contributed by atoms with E-state index in [0.29, 0.717) is 25.4 Å². The molecule has 0 bridgehead atoms. The van der Waals surface area contributed by atoms with Gasteiger partial charge in [-0.2, -0.15) is 0 Å². The summed E-state index contributed by atoms with van der Waals surface area (Å²) in [5.41, 5.74) is 5.98. The van der Waals surface area contributed by atoms with Crippen molar-refractivity contribution in [2.75, 3.05) is 13.2 Å². The Kier molecular flexibility index (Phi) is 4.45. The Morgan fingerprint density at radius 3 is 2.79 bits per heavy atom. The van der Waals surface area contributed by atoms with Crippen LogP contribution in [0.2, 0.25) is 0 Å². The van der Waals surface area contributed by atoms with Crippen molar-refractivity contribution in [1.82, 2.24) is 15.3 Å². The number of aromatic nitrogens is 2. The monoisotopic (exact) mass is 373 g/mol. The number of rotatable bonds is 6. The van der Waals surface area contributed by atoms with Gasteiger partial charge in [-0.25, -0.2) is 0 Å². The van der Waals surface area contributed by atoms with E-state index < -0.39 is 0 Å². The minimum atomic E-state index is 0.143. The number of Topliss-reactive ketones (excluding diaryl/α,β-unsaturated/α-hetero) is 1. The molecule has 5 rings (SSSR count). The zero-order valence-corrected chi connectivity index (χ0v) is 15.7. The second-order valence-corrected chi connectivity index (χ2v) is 7.65. The van der Waals surface area contributed by atoms with E-state index in [0.717, 1.165) is 40.4 Å². The van der Waals surface area contributed by atoms with Gasteiger partial charge in [-0.3, -0.25) is 9.78 Å². The number of H-pyrrole nitrogens is 1. The molecule has 0 atom stereocenters.